The number of nitrogens with zero attached hydrogens (tertiary/aromatic N) is 1. The van der Waals surface area contributed by atoms with Gasteiger partial charge < -0.3 is 9.84 Å². The first kappa shape index (κ1) is 10.9. The van der Waals surface area contributed by atoms with E-state index >= 15 is 0 Å². The number of hydrogen-bond donors (Lipinski definition) is 1. The van der Waals surface area contributed by atoms with Crippen LogP contribution in [0.2, 0.25) is 0 Å². The molecule has 15 heavy (non-hydrogen) atoms. The van der Waals surface area contributed by atoms with Crippen molar-refractivity contribution in [1.29, 1.82) is 0 Å². The lowest BCUT2D eigenvalue weighted by Crippen LogP contribution is -2.52. The van der Waals surface area contributed by atoms with Crippen LogP contribution in [0.25, 0.3) is 0 Å². The number of rotatable bonds is 2. The van der Waals surface area contributed by atoms with Crippen molar-refractivity contribution in [3.8, 4) is 0 Å². The van der Waals surface area contributed by atoms with Crippen LogP contribution in [0.5, 0.6) is 0 Å². The molecule has 2 saturated heterocycles. The van der Waals surface area contributed by atoms with E-state index in [1.54, 1.807) is 0 Å². The van der Waals surface area contributed by atoms with E-state index in [0.29, 0.717) is 0 Å². The molecule has 1 atom stereocenters. The molecule has 2 aliphatic rings. The smallest absolute Gasteiger partial charge is 0.317 e. The maximum atomic E-state index is 10.7. The second-order valence-corrected chi connectivity index (χ2v) is 4.70. The van der Waals surface area contributed by atoms with E-state index in [2.05, 4.69) is 0 Å². The number of aliphatic carboxylic acids is 1. The summed E-state index contributed by atoms with van der Waals surface area (Å²) in [6.07, 6.45) is 5.64. The van der Waals surface area contributed by atoms with E-state index in [-0.39, 0.29) is 12.1 Å². The van der Waals surface area contributed by atoms with Crippen LogP contribution in [0.1, 0.15) is 32.1 Å². The second kappa shape index (κ2) is 4.49. The topological polar surface area (TPSA) is 49.8 Å². The zero-order valence-corrected chi connectivity index (χ0v) is 9.07. The first-order valence-corrected chi connectivity index (χ1v) is 5.78. The van der Waals surface area contributed by atoms with Crippen molar-refractivity contribution in [3.05, 3.63) is 0 Å². The molecule has 2 fully saturated rings. The summed E-state index contributed by atoms with van der Waals surface area (Å²) in [6, 6.07) is 0. The summed E-state index contributed by atoms with van der Waals surface area (Å²) >= 11 is 0. The number of likely N-dealkylation sites (tertiary alicyclic amines) is 1. The first-order chi connectivity index (χ1) is 7.20. The van der Waals surface area contributed by atoms with Crippen molar-refractivity contribution < 1.29 is 14.6 Å². The molecule has 4 heteroatoms. The Morgan fingerprint density at radius 3 is 2.80 bits per heavy atom. The van der Waals surface area contributed by atoms with Gasteiger partial charge in [-0.05, 0) is 38.6 Å². The minimum Gasteiger partial charge on any atom is -0.480 e. The zero-order chi connectivity index (χ0) is 10.7. The number of carbonyl (C=O) groups is 1. The molecule has 1 unspecified atom stereocenters. The van der Waals surface area contributed by atoms with E-state index in [4.69, 9.17) is 9.84 Å². The molecule has 0 saturated carbocycles. The molecule has 0 radical (unpaired) electrons. The molecule has 0 aromatic heterocycles. The van der Waals surface area contributed by atoms with Gasteiger partial charge in [-0.25, -0.2) is 0 Å². The van der Waals surface area contributed by atoms with Gasteiger partial charge in [0, 0.05) is 13.2 Å². The fraction of sp³-hybridized carbons (Fsp3) is 0.909. The molecule has 0 bridgehead atoms. The third-order valence-electron chi connectivity index (χ3n) is 3.41. The molecule has 4 nitrogen and oxygen atoms in total. The van der Waals surface area contributed by atoms with Crippen molar-refractivity contribution >= 4 is 5.97 Å². The highest BCUT2D eigenvalue weighted by atomic mass is 16.5. The van der Waals surface area contributed by atoms with Gasteiger partial charge in [-0.2, -0.15) is 0 Å². The summed E-state index contributed by atoms with van der Waals surface area (Å²) < 4.78 is 5.88. The van der Waals surface area contributed by atoms with Crippen LogP contribution in [-0.4, -0.2) is 47.8 Å². The molecule has 0 aromatic rings. The van der Waals surface area contributed by atoms with E-state index in [1.165, 1.54) is 6.42 Å². The lowest BCUT2D eigenvalue weighted by Gasteiger charge is -2.44. The quantitative estimate of drug-likeness (QED) is 0.746. The van der Waals surface area contributed by atoms with Gasteiger partial charge in [0.05, 0.1) is 12.1 Å². The number of ether oxygens (including phenoxy) is 1. The van der Waals surface area contributed by atoms with Gasteiger partial charge in [-0.1, -0.05) is 0 Å². The summed E-state index contributed by atoms with van der Waals surface area (Å²) in [5, 5.41) is 8.77. The van der Waals surface area contributed by atoms with Crippen LogP contribution >= 0.6 is 0 Å². The van der Waals surface area contributed by atoms with Crippen LogP contribution in [-0.2, 0) is 9.53 Å². The van der Waals surface area contributed by atoms with Gasteiger partial charge >= 0.3 is 5.97 Å². The average molecular weight is 213 g/mol. The summed E-state index contributed by atoms with van der Waals surface area (Å²) in [6.45, 7) is 2.71. The molecule has 2 aliphatic heterocycles. The molecule has 0 aromatic carbocycles. The molecule has 1 N–H and O–H groups in total. The van der Waals surface area contributed by atoms with Crippen molar-refractivity contribution in [2.45, 2.75) is 37.7 Å². The average Bonchev–Trinajstić information content (AvgIpc) is 2.17. The van der Waals surface area contributed by atoms with Gasteiger partial charge in [0.2, 0.25) is 0 Å². The van der Waals surface area contributed by atoms with Crippen molar-refractivity contribution in [2.75, 3.05) is 26.2 Å². The van der Waals surface area contributed by atoms with Gasteiger partial charge in [0.1, 0.15) is 0 Å². The van der Waals surface area contributed by atoms with Crippen molar-refractivity contribution in [3.63, 3.8) is 0 Å². The van der Waals surface area contributed by atoms with E-state index in [9.17, 15) is 4.79 Å². The van der Waals surface area contributed by atoms with Gasteiger partial charge in [-0.3, -0.25) is 9.69 Å². The van der Waals surface area contributed by atoms with Crippen LogP contribution in [0.15, 0.2) is 0 Å². The molecule has 0 amide bonds. The van der Waals surface area contributed by atoms with E-state index in [1.807, 2.05) is 4.90 Å². The van der Waals surface area contributed by atoms with Crippen molar-refractivity contribution in [2.24, 2.45) is 0 Å². The lowest BCUT2D eigenvalue weighted by molar-refractivity contribution is -0.144. The summed E-state index contributed by atoms with van der Waals surface area (Å²) in [5.41, 5.74) is -0.0219. The Bertz CT molecular complexity index is 230. The number of carboxylic acid groups (broad SMARTS) is 1. The Morgan fingerprint density at radius 1 is 1.33 bits per heavy atom. The van der Waals surface area contributed by atoms with Crippen molar-refractivity contribution in [1.82, 2.24) is 4.90 Å². The van der Waals surface area contributed by atoms with Crippen LogP contribution in [0.4, 0.5) is 0 Å². The van der Waals surface area contributed by atoms with Crippen LogP contribution < -0.4 is 0 Å². The predicted molar refractivity (Wildman–Crippen MR) is 55.8 cm³/mol. The minimum absolute atomic E-state index is 0.0219. The largest absolute Gasteiger partial charge is 0.480 e. The highest BCUT2D eigenvalue weighted by Gasteiger charge is 2.37. The Hall–Kier alpha value is -0.610. The van der Waals surface area contributed by atoms with Crippen LogP contribution in [0, 0.1) is 0 Å². The van der Waals surface area contributed by atoms with E-state index < -0.39 is 5.97 Å². The minimum atomic E-state index is -0.733. The molecular formula is C11H19NO3. The summed E-state index contributed by atoms with van der Waals surface area (Å²) in [4.78, 5) is 12.7. The number of carboxylic acids is 1. The SMILES string of the molecule is O=C(O)CN1CCCC2(CCCCO2)C1. The number of hydrogen-bond acceptors (Lipinski definition) is 3. The standard InChI is InChI=1S/C11H19NO3/c13-10(14)8-12-6-3-5-11(9-12)4-1-2-7-15-11/h1-9H2,(H,13,14). The fourth-order valence-corrected chi connectivity index (χ4v) is 2.75. The maximum absolute atomic E-state index is 10.7. The highest BCUT2D eigenvalue weighted by molar-refractivity contribution is 5.69. The summed E-state index contributed by atoms with van der Waals surface area (Å²) in [7, 11) is 0. The highest BCUT2D eigenvalue weighted by Crippen LogP contribution is 2.33. The molecule has 86 valence electrons. The first-order valence-electron chi connectivity index (χ1n) is 5.78. The van der Waals surface area contributed by atoms with Gasteiger partial charge in [0.25, 0.3) is 0 Å². The monoisotopic (exact) mass is 213 g/mol. The van der Waals surface area contributed by atoms with Gasteiger partial charge in [0.15, 0.2) is 0 Å². The Labute approximate surface area is 90.2 Å². The fourth-order valence-electron chi connectivity index (χ4n) is 2.75. The third kappa shape index (κ3) is 2.69. The maximum Gasteiger partial charge on any atom is 0.317 e. The Kier molecular flexibility index (Phi) is 3.26. The van der Waals surface area contributed by atoms with Crippen LogP contribution in [0.3, 0.4) is 0 Å². The van der Waals surface area contributed by atoms with E-state index in [0.717, 1.165) is 45.4 Å². The normalized spacial score (nSPS) is 33.1. The Balaban J connectivity index is 1.93. The van der Waals surface area contributed by atoms with Gasteiger partial charge in [-0.15, -0.1) is 0 Å². The third-order valence-corrected chi connectivity index (χ3v) is 3.41. The molecule has 1 spiro atoms. The predicted octanol–water partition coefficient (Wildman–Crippen LogP) is 1.11. The zero-order valence-electron chi connectivity index (χ0n) is 9.07. The number of piperidine rings is 1. The molecule has 2 rings (SSSR count). The molecule has 2 heterocycles. The summed E-state index contributed by atoms with van der Waals surface area (Å²) in [5.74, 6) is -0.733. The second-order valence-electron chi connectivity index (χ2n) is 4.70. The molecule has 0 aliphatic carbocycles. The lowest BCUT2D eigenvalue weighted by atomic mass is 9.86. The molecular weight excluding hydrogens is 194 g/mol. The Morgan fingerprint density at radius 2 is 2.13 bits per heavy atom.